The normalized spacial score (nSPS) is 12.2. The van der Waals surface area contributed by atoms with E-state index >= 15 is 0 Å². The molecule has 3 aromatic rings. The summed E-state index contributed by atoms with van der Waals surface area (Å²) in [6, 6.07) is 23.1. The highest BCUT2D eigenvalue weighted by atomic mass is 16.5. The zero-order chi connectivity index (χ0) is 23.6. The van der Waals surface area contributed by atoms with Gasteiger partial charge in [-0.1, -0.05) is 55.5 Å². The van der Waals surface area contributed by atoms with Crippen molar-refractivity contribution in [2.75, 3.05) is 12.4 Å². The number of carbonyl (C=O) groups excluding carboxylic acids is 3. The maximum atomic E-state index is 13.1. The third-order valence-corrected chi connectivity index (χ3v) is 4.96. The van der Waals surface area contributed by atoms with Crippen molar-refractivity contribution in [2.45, 2.75) is 25.5 Å². The van der Waals surface area contributed by atoms with Crippen LogP contribution in [0, 0.1) is 0 Å². The molecule has 7 heteroatoms. The van der Waals surface area contributed by atoms with Gasteiger partial charge in [-0.2, -0.15) is 0 Å². The molecule has 2 atom stereocenters. The van der Waals surface area contributed by atoms with Crippen molar-refractivity contribution in [3.05, 3.63) is 96.1 Å². The minimum atomic E-state index is -1.07. The van der Waals surface area contributed by atoms with E-state index in [9.17, 15) is 14.4 Å². The number of hydrogen-bond acceptors (Lipinski definition) is 5. The standard InChI is InChI=1S/C26H26N2O5/c1-3-22(25(30)27-20-14-16-21(32-2)17-15-20)33-26(31)23(18-10-6-4-7-11-18)28-24(29)19-12-8-5-9-13-19/h4-17,22-23H,3H2,1-2H3,(H,27,30)(H,28,29)/t22-,23-/m0/s1. The molecule has 33 heavy (non-hydrogen) atoms. The van der Waals surface area contributed by atoms with Gasteiger partial charge in [0.25, 0.3) is 11.8 Å². The van der Waals surface area contributed by atoms with Gasteiger partial charge in [0.15, 0.2) is 12.1 Å². The second-order valence-electron chi connectivity index (χ2n) is 7.23. The van der Waals surface area contributed by atoms with Crippen LogP contribution in [0.5, 0.6) is 5.75 Å². The largest absolute Gasteiger partial charge is 0.497 e. The van der Waals surface area contributed by atoms with Crippen LogP contribution in [0.2, 0.25) is 0 Å². The molecule has 3 aromatic carbocycles. The topological polar surface area (TPSA) is 93.7 Å². The molecule has 0 saturated heterocycles. The highest BCUT2D eigenvalue weighted by molar-refractivity contribution is 5.98. The summed E-state index contributed by atoms with van der Waals surface area (Å²) in [5.74, 6) is -0.942. The predicted molar refractivity (Wildman–Crippen MR) is 125 cm³/mol. The van der Waals surface area contributed by atoms with Gasteiger partial charge in [0.1, 0.15) is 5.75 Å². The lowest BCUT2D eigenvalue weighted by atomic mass is 10.1. The van der Waals surface area contributed by atoms with Crippen LogP contribution in [0.25, 0.3) is 0 Å². The van der Waals surface area contributed by atoms with Crippen molar-refractivity contribution in [3.8, 4) is 5.75 Å². The fourth-order valence-electron chi connectivity index (χ4n) is 3.16. The van der Waals surface area contributed by atoms with Gasteiger partial charge in [-0.3, -0.25) is 9.59 Å². The Morgan fingerprint density at radius 2 is 1.45 bits per heavy atom. The van der Waals surface area contributed by atoms with Gasteiger partial charge in [0, 0.05) is 11.3 Å². The number of nitrogens with one attached hydrogen (secondary N) is 2. The third kappa shape index (κ3) is 6.43. The van der Waals surface area contributed by atoms with Crippen molar-refractivity contribution >= 4 is 23.5 Å². The fourth-order valence-corrected chi connectivity index (χ4v) is 3.16. The lowest BCUT2D eigenvalue weighted by Gasteiger charge is -2.22. The number of carbonyl (C=O) groups is 3. The molecule has 2 amide bonds. The summed E-state index contributed by atoms with van der Waals surface area (Å²) in [5, 5.41) is 5.46. The van der Waals surface area contributed by atoms with E-state index < -0.39 is 29.9 Å². The van der Waals surface area contributed by atoms with Gasteiger partial charge in [-0.25, -0.2) is 4.79 Å². The molecule has 0 saturated carbocycles. The second kappa shape index (κ2) is 11.5. The Bertz CT molecular complexity index is 1070. The van der Waals surface area contributed by atoms with Crippen LogP contribution in [-0.4, -0.2) is 31.0 Å². The smallest absolute Gasteiger partial charge is 0.334 e. The molecule has 0 aliphatic heterocycles. The Morgan fingerprint density at radius 3 is 2.03 bits per heavy atom. The van der Waals surface area contributed by atoms with Gasteiger partial charge in [0.2, 0.25) is 0 Å². The zero-order valence-corrected chi connectivity index (χ0v) is 18.5. The van der Waals surface area contributed by atoms with Crippen molar-refractivity contribution < 1.29 is 23.9 Å². The van der Waals surface area contributed by atoms with E-state index in [4.69, 9.17) is 9.47 Å². The van der Waals surface area contributed by atoms with Crippen LogP contribution in [0.15, 0.2) is 84.9 Å². The molecule has 0 heterocycles. The molecule has 7 nitrogen and oxygen atoms in total. The SMILES string of the molecule is CC[C@H](OC(=O)[C@@H](NC(=O)c1ccccc1)c1ccccc1)C(=O)Nc1ccc(OC)cc1. The lowest BCUT2D eigenvalue weighted by Crippen LogP contribution is -2.39. The Hall–Kier alpha value is -4.13. The monoisotopic (exact) mass is 446 g/mol. The summed E-state index contributed by atoms with van der Waals surface area (Å²) in [6.45, 7) is 1.74. The average molecular weight is 447 g/mol. The molecule has 0 aromatic heterocycles. The lowest BCUT2D eigenvalue weighted by molar-refractivity contribution is -0.156. The first-order valence-electron chi connectivity index (χ1n) is 10.6. The van der Waals surface area contributed by atoms with Gasteiger partial charge in [0.05, 0.1) is 7.11 Å². The van der Waals surface area contributed by atoms with Crippen molar-refractivity contribution in [1.29, 1.82) is 0 Å². The van der Waals surface area contributed by atoms with Crippen LogP contribution < -0.4 is 15.4 Å². The van der Waals surface area contributed by atoms with Crippen LogP contribution in [0.1, 0.15) is 35.3 Å². The fraction of sp³-hybridized carbons (Fsp3) is 0.192. The van der Waals surface area contributed by atoms with Crippen molar-refractivity contribution in [3.63, 3.8) is 0 Å². The highest BCUT2D eigenvalue weighted by Crippen LogP contribution is 2.19. The summed E-state index contributed by atoms with van der Waals surface area (Å²) in [6.07, 6.45) is -0.763. The van der Waals surface area contributed by atoms with E-state index in [1.807, 2.05) is 6.07 Å². The van der Waals surface area contributed by atoms with E-state index in [2.05, 4.69) is 10.6 Å². The first-order chi connectivity index (χ1) is 16.0. The van der Waals surface area contributed by atoms with Crippen LogP contribution in [0.3, 0.4) is 0 Å². The van der Waals surface area contributed by atoms with Gasteiger partial charge >= 0.3 is 5.97 Å². The molecular weight excluding hydrogens is 420 g/mol. The number of anilines is 1. The maximum absolute atomic E-state index is 13.1. The number of ether oxygens (including phenoxy) is 2. The molecule has 0 bridgehead atoms. The van der Waals surface area contributed by atoms with Crippen molar-refractivity contribution in [2.24, 2.45) is 0 Å². The average Bonchev–Trinajstić information content (AvgIpc) is 2.87. The Balaban J connectivity index is 1.73. The quantitative estimate of drug-likeness (QED) is 0.482. The number of esters is 1. The molecule has 0 spiro atoms. The van der Waals surface area contributed by atoms with E-state index in [0.29, 0.717) is 22.6 Å². The van der Waals surface area contributed by atoms with Crippen LogP contribution in [0.4, 0.5) is 5.69 Å². The molecule has 0 unspecified atom stereocenters. The minimum Gasteiger partial charge on any atom is -0.497 e. The van der Waals surface area contributed by atoms with Gasteiger partial charge in [-0.05, 0) is 48.4 Å². The summed E-state index contributed by atoms with van der Waals surface area (Å²) >= 11 is 0. The highest BCUT2D eigenvalue weighted by Gasteiger charge is 2.29. The second-order valence-corrected chi connectivity index (χ2v) is 7.23. The number of benzene rings is 3. The van der Waals surface area contributed by atoms with E-state index in [0.717, 1.165) is 0 Å². The molecule has 170 valence electrons. The third-order valence-electron chi connectivity index (χ3n) is 4.96. The first-order valence-corrected chi connectivity index (χ1v) is 10.6. The number of hydrogen-bond donors (Lipinski definition) is 2. The van der Waals surface area contributed by atoms with E-state index in [1.165, 1.54) is 0 Å². The Kier molecular flexibility index (Phi) is 8.18. The van der Waals surface area contributed by atoms with Gasteiger partial charge in [-0.15, -0.1) is 0 Å². The first kappa shape index (κ1) is 23.5. The summed E-state index contributed by atoms with van der Waals surface area (Å²) in [4.78, 5) is 38.5. The summed E-state index contributed by atoms with van der Waals surface area (Å²) in [7, 11) is 1.56. The molecule has 2 N–H and O–H groups in total. The molecule has 0 aliphatic rings. The van der Waals surface area contributed by atoms with Crippen LogP contribution >= 0.6 is 0 Å². The summed E-state index contributed by atoms with van der Waals surface area (Å²) < 4.78 is 10.7. The molecule has 0 fully saturated rings. The molecule has 0 aliphatic carbocycles. The molecule has 0 radical (unpaired) electrons. The summed E-state index contributed by atoms with van der Waals surface area (Å²) in [5.41, 5.74) is 1.51. The predicted octanol–water partition coefficient (Wildman–Crippen LogP) is 4.13. The molecular formula is C26H26N2O5. The maximum Gasteiger partial charge on any atom is 0.334 e. The Morgan fingerprint density at radius 1 is 0.848 bits per heavy atom. The Labute approximate surface area is 192 Å². The molecule has 3 rings (SSSR count). The minimum absolute atomic E-state index is 0.266. The zero-order valence-electron chi connectivity index (χ0n) is 18.5. The number of methoxy groups -OCH3 is 1. The number of amides is 2. The number of rotatable bonds is 9. The van der Waals surface area contributed by atoms with Gasteiger partial charge < -0.3 is 20.1 Å². The van der Waals surface area contributed by atoms with Crippen LogP contribution in [-0.2, 0) is 14.3 Å². The van der Waals surface area contributed by atoms with E-state index in [1.54, 1.807) is 92.9 Å². The van der Waals surface area contributed by atoms with Crippen molar-refractivity contribution in [1.82, 2.24) is 5.32 Å². The van der Waals surface area contributed by atoms with E-state index in [-0.39, 0.29) is 6.42 Å².